The molecule has 0 radical (unpaired) electrons. The van der Waals surface area contributed by atoms with Crippen molar-refractivity contribution in [2.75, 3.05) is 26.3 Å². The van der Waals surface area contributed by atoms with E-state index in [2.05, 4.69) is 12.2 Å². The molecule has 1 atom stereocenters. The topological polar surface area (TPSA) is 41.5 Å². The van der Waals surface area contributed by atoms with Gasteiger partial charge in [-0.05, 0) is 36.0 Å². The molecule has 2 rings (SSSR count). The van der Waals surface area contributed by atoms with Crippen LogP contribution in [0, 0.1) is 17.0 Å². The fourth-order valence-corrected chi connectivity index (χ4v) is 2.39. The number of rotatable bonds is 5. The number of hydrogen-bond acceptors (Lipinski definition) is 3. The van der Waals surface area contributed by atoms with Gasteiger partial charge in [0.25, 0.3) is 0 Å². The first-order chi connectivity index (χ1) is 9.50. The summed E-state index contributed by atoms with van der Waals surface area (Å²) in [5.41, 5.74) is 0.556. The highest BCUT2D eigenvalue weighted by Crippen LogP contribution is 2.28. The molecule has 1 saturated heterocycles. The van der Waals surface area contributed by atoms with Crippen LogP contribution in [-0.2, 0) is 4.74 Å². The normalized spacial score (nSPS) is 19.8. The predicted octanol–water partition coefficient (Wildman–Crippen LogP) is 2.40. The third-order valence-corrected chi connectivity index (χ3v) is 3.92. The van der Waals surface area contributed by atoms with E-state index in [1.54, 1.807) is 0 Å². The van der Waals surface area contributed by atoms with E-state index >= 15 is 0 Å². The molecule has 0 aromatic heterocycles. The first-order valence-corrected chi connectivity index (χ1v) is 6.92. The number of hydrogen-bond donors (Lipinski definition) is 2. The summed E-state index contributed by atoms with van der Waals surface area (Å²) in [6.45, 7) is 4.82. The average molecular weight is 285 g/mol. The van der Waals surface area contributed by atoms with Gasteiger partial charge in [-0.15, -0.1) is 0 Å². The summed E-state index contributed by atoms with van der Waals surface area (Å²) in [4.78, 5) is 0. The summed E-state index contributed by atoms with van der Waals surface area (Å²) in [6, 6.07) is 3.48. The molecule has 2 N–H and O–H groups in total. The summed E-state index contributed by atoms with van der Waals surface area (Å²) >= 11 is 0. The number of halogens is 2. The number of aliphatic hydroxyl groups excluding tert-OH is 1. The van der Waals surface area contributed by atoms with Crippen molar-refractivity contribution >= 4 is 0 Å². The molecule has 112 valence electrons. The van der Waals surface area contributed by atoms with Gasteiger partial charge >= 0.3 is 0 Å². The van der Waals surface area contributed by atoms with E-state index in [9.17, 15) is 13.9 Å². The Bertz CT molecular complexity index is 447. The average Bonchev–Trinajstić information content (AvgIpc) is 2.42. The minimum atomic E-state index is -0.932. The van der Waals surface area contributed by atoms with Gasteiger partial charge in [-0.1, -0.05) is 13.0 Å². The van der Waals surface area contributed by atoms with Gasteiger partial charge in [0, 0.05) is 26.3 Å². The molecule has 0 amide bonds. The van der Waals surface area contributed by atoms with Gasteiger partial charge in [-0.3, -0.25) is 0 Å². The van der Waals surface area contributed by atoms with Crippen LogP contribution in [0.2, 0.25) is 0 Å². The maximum absolute atomic E-state index is 13.1. The van der Waals surface area contributed by atoms with Crippen LogP contribution in [0.3, 0.4) is 0 Å². The van der Waals surface area contributed by atoms with E-state index in [0.29, 0.717) is 12.1 Å². The number of benzene rings is 1. The van der Waals surface area contributed by atoms with E-state index in [0.717, 1.165) is 44.7 Å². The third-order valence-electron chi connectivity index (χ3n) is 3.92. The summed E-state index contributed by atoms with van der Waals surface area (Å²) in [5, 5.41) is 13.2. The fraction of sp³-hybridized carbons (Fsp3) is 0.600. The number of ether oxygens (including phenoxy) is 1. The number of aliphatic hydroxyl groups is 1. The van der Waals surface area contributed by atoms with E-state index < -0.39 is 17.7 Å². The highest BCUT2D eigenvalue weighted by atomic mass is 19.2. The summed E-state index contributed by atoms with van der Waals surface area (Å²) < 4.78 is 31.2. The van der Waals surface area contributed by atoms with Gasteiger partial charge in [-0.2, -0.15) is 0 Å². The minimum Gasteiger partial charge on any atom is -0.387 e. The smallest absolute Gasteiger partial charge is 0.159 e. The molecule has 20 heavy (non-hydrogen) atoms. The Labute approximate surface area is 117 Å². The summed E-state index contributed by atoms with van der Waals surface area (Å²) in [6.07, 6.45) is 1.14. The molecule has 0 bridgehead atoms. The predicted molar refractivity (Wildman–Crippen MR) is 72.3 cm³/mol. The van der Waals surface area contributed by atoms with Crippen LogP contribution < -0.4 is 5.32 Å². The van der Waals surface area contributed by atoms with E-state index in [1.165, 1.54) is 6.07 Å². The molecule has 5 heteroatoms. The van der Waals surface area contributed by atoms with E-state index in [4.69, 9.17) is 4.74 Å². The van der Waals surface area contributed by atoms with Gasteiger partial charge in [0.15, 0.2) is 11.6 Å². The van der Waals surface area contributed by atoms with Crippen LogP contribution in [0.1, 0.15) is 31.4 Å². The van der Waals surface area contributed by atoms with Gasteiger partial charge in [0.2, 0.25) is 0 Å². The van der Waals surface area contributed by atoms with Crippen LogP contribution in [-0.4, -0.2) is 31.4 Å². The lowest BCUT2D eigenvalue weighted by atomic mass is 9.82. The molecular formula is C15H21F2NO2. The zero-order chi connectivity index (χ0) is 14.6. The molecule has 1 aliphatic rings. The van der Waals surface area contributed by atoms with Crippen molar-refractivity contribution in [3.05, 3.63) is 35.4 Å². The molecule has 1 heterocycles. The van der Waals surface area contributed by atoms with Gasteiger partial charge in [-0.25, -0.2) is 8.78 Å². The van der Waals surface area contributed by atoms with Crippen LogP contribution in [0.25, 0.3) is 0 Å². The van der Waals surface area contributed by atoms with Crippen LogP contribution >= 0.6 is 0 Å². The van der Waals surface area contributed by atoms with E-state index in [-0.39, 0.29) is 5.41 Å². The van der Waals surface area contributed by atoms with Crippen LogP contribution in [0.4, 0.5) is 8.78 Å². The SMILES string of the molecule is CC1(CNCC(O)c2ccc(F)c(F)c2)CCOCC1. The molecule has 1 aromatic rings. The fourth-order valence-electron chi connectivity index (χ4n) is 2.39. The molecule has 0 saturated carbocycles. The quantitative estimate of drug-likeness (QED) is 0.873. The Balaban J connectivity index is 1.82. The monoisotopic (exact) mass is 285 g/mol. The Morgan fingerprint density at radius 3 is 2.65 bits per heavy atom. The Morgan fingerprint density at radius 1 is 1.30 bits per heavy atom. The molecule has 3 nitrogen and oxygen atoms in total. The van der Waals surface area contributed by atoms with Crippen molar-refractivity contribution in [3.8, 4) is 0 Å². The third kappa shape index (κ3) is 3.98. The lowest BCUT2D eigenvalue weighted by Gasteiger charge is -2.34. The zero-order valence-corrected chi connectivity index (χ0v) is 11.7. The maximum atomic E-state index is 13.1. The van der Waals surface area contributed by atoms with Gasteiger partial charge < -0.3 is 15.2 Å². The lowest BCUT2D eigenvalue weighted by Crippen LogP contribution is -2.38. The Kier molecular flexibility index (Phi) is 5.07. The van der Waals surface area contributed by atoms with Crippen molar-refractivity contribution in [1.82, 2.24) is 5.32 Å². The minimum absolute atomic E-state index is 0.173. The van der Waals surface area contributed by atoms with E-state index in [1.807, 2.05) is 0 Å². The zero-order valence-electron chi connectivity index (χ0n) is 11.7. The maximum Gasteiger partial charge on any atom is 0.159 e. The Morgan fingerprint density at radius 2 is 2.00 bits per heavy atom. The Hall–Kier alpha value is -1.04. The largest absolute Gasteiger partial charge is 0.387 e. The van der Waals surface area contributed by atoms with Crippen molar-refractivity contribution in [3.63, 3.8) is 0 Å². The van der Waals surface area contributed by atoms with Gasteiger partial charge in [0.1, 0.15) is 0 Å². The van der Waals surface area contributed by atoms with Crippen LogP contribution in [0.15, 0.2) is 18.2 Å². The van der Waals surface area contributed by atoms with Crippen molar-refractivity contribution in [2.24, 2.45) is 5.41 Å². The first-order valence-electron chi connectivity index (χ1n) is 6.92. The standard InChI is InChI=1S/C15H21F2NO2/c1-15(4-6-20-7-5-15)10-18-9-14(19)11-2-3-12(16)13(17)8-11/h2-3,8,14,18-19H,4-7,9-10H2,1H3. The summed E-state index contributed by atoms with van der Waals surface area (Å²) in [5.74, 6) is -1.83. The lowest BCUT2D eigenvalue weighted by molar-refractivity contribution is 0.0227. The second-order valence-corrected chi connectivity index (χ2v) is 5.74. The summed E-state index contributed by atoms with van der Waals surface area (Å²) in [7, 11) is 0. The van der Waals surface area contributed by atoms with Crippen LogP contribution in [0.5, 0.6) is 0 Å². The molecular weight excluding hydrogens is 264 g/mol. The van der Waals surface area contributed by atoms with Crippen molar-refractivity contribution < 1.29 is 18.6 Å². The molecule has 1 aliphatic heterocycles. The molecule has 1 fully saturated rings. The molecule has 1 aromatic carbocycles. The highest BCUT2D eigenvalue weighted by Gasteiger charge is 2.27. The first kappa shape index (κ1) is 15.4. The van der Waals surface area contributed by atoms with Crippen molar-refractivity contribution in [2.45, 2.75) is 25.9 Å². The highest BCUT2D eigenvalue weighted by molar-refractivity contribution is 5.20. The molecule has 1 unspecified atom stereocenters. The molecule has 0 spiro atoms. The number of nitrogens with one attached hydrogen (secondary N) is 1. The second-order valence-electron chi connectivity index (χ2n) is 5.74. The van der Waals surface area contributed by atoms with Crippen molar-refractivity contribution in [1.29, 1.82) is 0 Å². The van der Waals surface area contributed by atoms with Gasteiger partial charge in [0.05, 0.1) is 6.10 Å². The second kappa shape index (κ2) is 6.61. The molecule has 0 aliphatic carbocycles.